The Bertz CT molecular complexity index is 826. The van der Waals surface area contributed by atoms with E-state index in [4.69, 9.17) is 0 Å². The van der Waals surface area contributed by atoms with Crippen molar-refractivity contribution in [2.24, 2.45) is 0 Å². The van der Waals surface area contributed by atoms with Crippen LogP contribution in [0.3, 0.4) is 0 Å². The van der Waals surface area contributed by atoms with Gasteiger partial charge in [0.05, 0.1) is 11.9 Å². The maximum atomic E-state index is 11.9. The minimum Gasteiger partial charge on any atom is -0.321 e. The lowest BCUT2D eigenvalue weighted by Gasteiger charge is -2.04. The number of hydrogen-bond acceptors (Lipinski definition) is 3. The van der Waals surface area contributed by atoms with Crippen molar-refractivity contribution in [1.29, 1.82) is 0 Å². The number of halogens is 1. The van der Waals surface area contributed by atoms with Crippen molar-refractivity contribution in [2.45, 2.75) is 0 Å². The van der Waals surface area contributed by atoms with Gasteiger partial charge in [-0.2, -0.15) is 5.10 Å². The average Bonchev–Trinajstić information content (AvgIpc) is 3.08. The van der Waals surface area contributed by atoms with Gasteiger partial charge in [0.25, 0.3) is 0 Å². The van der Waals surface area contributed by atoms with Crippen molar-refractivity contribution in [2.75, 3.05) is 5.32 Å². The molecule has 1 N–H and O–H groups in total. The number of rotatable bonds is 4. The minimum absolute atomic E-state index is 0.210. The fourth-order valence-electron chi connectivity index (χ4n) is 1.97. The van der Waals surface area contributed by atoms with Crippen LogP contribution in [0.2, 0.25) is 0 Å². The van der Waals surface area contributed by atoms with Crippen molar-refractivity contribution in [3.05, 3.63) is 77.2 Å². The number of nitrogens with zero attached hydrogens (tertiary/aromatic N) is 3. The number of carbonyl (C=O) groups excluding carboxylic acids is 1. The Balaban J connectivity index is 1.64. The van der Waals surface area contributed by atoms with Crippen LogP contribution in [0.25, 0.3) is 11.9 Å². The van der Waals surface area contributed by atoms with Crippen molar-refractivity contribution >= 4 is 33.6 Å². The summed E-state index contributed by atoms with van der Waals surface area (Å²) in [6, 6.07) is 13.1. The molecule has 0 saturated carbocycles. The normalized spacial score (nSPS) is 10.8. The molecular formula is C17H13BrN4O. The van der Waals surface area contributed by atoms with Gasteiger partial charge >= 0.3 is 0 Å². The third kappa shape index (κ3) is 4.14. The Hall–Kier alpha value is -2.73. The number of pyridine rings is 1. The summed E-state index contributed by atoms with van der Waals surface area (Å²) < 4.78 is 2.62. The Kier molecular flexibility index (Phi) is 4.63. The SMILES string of the molecule is O=C(C=Cc1cccc(Br)c1)Nc1ccc(-n2cccn2)nc1. The molecule has 2 heterocycles. The van der Waals surface area contributed by atoms with E-state index in [9.17, 15) is 4.79 Å². The standard InChI is InChI=1S/C17H13BrN4O/c18-14-4-1-3-13(11-14)5-8-17(23)21-15-6-7-16(19-12-15)22-10-2-9-20-22/h1-12H,(H,21,23). The quantitative estimate of drug-likeness (QED) is 0.714. The fourth-order valence-corrected chi connectivity index (χ4v) is 2.38. The van der Waals surface area contributed by atoms with Gasteiger partial charge in [0.1, 0.15) is 0 Å². The van der Waals surface area contributed by atoms with Gasteiger partial charge in [-0.3, -0.25) is 4.79 Å². The van der Waals surface area contributed by atoms with Crippen LogP contribution in [0.5, 0.6) is 0 Å². The monoisotopic (exact) mass is 368 g/mol. The summed E-state index contributed by atoms with van der Waals surface area (Å²) >= 11 is 3.40. The van der Waals surface area contributed by atoms with Gasteiger partial charge in [0, 0.05) is 22.9 Å². The third-order valence-electron chi connectivity index (χ3n) is 3.03. The molecule has 6 heteroatoms. The zero-order valence-corrected chi connectivity index (χ0v) is 13.6. The van der Waals surface area contributed by atoms with Gasteiger partial charge in [-0.1, -0.05) is 28.1 Å². The lowest BCUT2D eigenvalue weighted by atomic mass is 10.2. The molecular weight excluding hydrogens is 356 g/mol. The number of aromatic nitrogens is 3. The Morgan fingerprint density at radius 3 is 2.83 bits per heavy atom. The molecule has 0 fully saturated rings. The van der Waals surface area contributed by atoms with Crippen LogP contribution in [0.1, 0.15) is 5.56 Å². The lowest BCUT2D eigenvalue weighted by molar-refractivity contribution is -0.111. The Morgan fingerprint density at radius 2 is 2.13 bits per heavy atom. The molecule has 1 aromatic carbocycles. The molecule has 1 amide bonds. The van der Waals surface area contributed by atoms with Gasteiger partial charge < -0.3 is 5.32 Å². The van der Waals surface area contributed by atoms with E-state index in [0.717, 1.165) is 10.0 Å². The maximum absolute atomic E-state index is 11.9. The second-order valence-electron chi connectivity index (χ2n) is 4.73. The molecule has 3 aromatic rings. The molecule has 3 rings (SSSR count). The molecule has 0 aliphatic rings. The van der Waals surface area contributed by atoms with E-state index in [1.807, 2.05) is 30.3 Å². The molecule has 0 aliphatic carbocycles. The first-order chi connectivity index (χ1) is 11.2. The number of hydrogen-bond donors (Lipinski definition) is 1. The predicted molar refractivity (Wildman–Crippen MR) is 93.2 cm³/mol. The molecule has 0 radical (unpaired) electrons. The first kappa shape index (κ1) is 15.2. The predicted octanol–water partition coefficient (Wildman–Crippen LogP) is 3.68. The summed E-state index contributed by atoms with van der Waals surface area (Å²) in [6.07, 6.45) is 8.34. The zero-order chi connectivity index (χ0) is 16.1. The first-order valence-corrected chi connectivity index (χ1v) is 7.71. The molecule has 0 bridgehead atoms. The largest absolute Gasteiger partial charge is 0.321 e. The van der Waals surface area contributed by atoms with Crippen LogP contribution >= 0.6 is 15.9 Å². The van der Waals surface area contributed by atoms with Gasteiger partial charge in [-0.25, -0.2) is 9.67 Å². The van der Waals surface area contributed by atoms with Crippen LogP contribution < -0.4 is 5.32 Å². The lowest BCUT2D eigenvalue weighted by Crippen LogP contribution is -2.08. The van der Waals surface area contributed by atoms with Gasteiger partial charge in [0.15, 0.2) is 5.82 Å². The maximum Gasteiger partial charge on any atom is 0.248 e. The third-order valence-corrected chi connectivity index (χ3v) is 3.52. The van der Waals surface area contributed by atoms with E-state index < -0.39 is 0 Å². The Labute approximate surface area is 141 Å². The van der Waals surface area contributed by atoms with Gasteiger partial charge in [0.2, 0.25) is 5.91 Å². The molecule has 0 saturated heterocycles. The van der Waals surface area contributed by atoms with Crippen molar-refractivity contribution in [3.8, 4) is 5.82 Å². The van der Waals surface area contributed by atoms with Crippen LogP contribution in [0.4, 0.5) is 5.69 Å². The topological polar surface area (TPSA) is 59.8 Å². The van der Waals surface area contributed by atoms with Crippen molar-refractivity contribution < 1.29 is 4.79 Å². The number of benzene rings is 1. The highest BCUT2D eigenvalue weighted by Crippen LogP contribution is 2.13. The summed E-state index contributed by atoms with van der Waals surface area (Å²) in [6.45, 7) is 0. The molecule has 5 nitrogen and oxygen atoms in total. The number of carbonyl (C=O) groups is 1. The van der Waals surface area contributed by atoms with E-state index in [2.05, 4.69) is 31.3 Å². The molecule has 23 heavy (non-hydrogen) atoms. The summed E-state index contributed by atoms with van der Waals surface area (Å²) in [5.41, 5.74) is 1.58. The smallest absolute Gasteiger partial charge is 0.248 e. The highest BCUT2D eigenvalue weighted by molar-refractivity contribution is 9.10. The van der Waals surface area contributed by atoms with Crippen LogP contribution in [-0.4, -0.2) is 20.7 Å². The van der Waals surface area contributed by atoms with E-state index in [1.54, 1.807) is 41.5 Å². The molecule has 114 valence electrons. The van der Waals surface area contributed by atoms with E-state index in [1.165, 1.54) is 6.08 Å². The number of nitrogens with one attached hydrogen (secondary N) is 1. The number of amides is 1. The zero-order valence-electron chi connectivity index (χ0n) is 12.1. The molecule has 0 atom stereocenters. The summed E-state index contributed by atoms with van der Waals surface area (Å²) in [7, 11) is 0. The number of anilines is 1. The molecule has 0 unspecified atom stereocenters. The second-order valence-corrected chi connectivity index (χ2v) is 5.65. The fraction of sp³-hybridized carbons (Fsp3) is 0. The highest BCUT2D eigenvalue weighted by Gasteiger charge is 2.01. The second kappa shape index (κ2) is 7.02. The molecule has 0 spiro atoms. The van der Waals surface area contributed by atoms with E-state index in [0.29, 0.717) is 11.5 Å². The van der Waals surface area contributed by atoms with E-state index in [-0.39, 0.29) is 5.91 Å². The van der Waals surface area contributed by atoms with Crippen molar-refractivity contribution in [3.63, 3.8) is 0 Å². The van der Waals surface area contributed by atoms with Crippen molar-refractivity contribution in [1.82, 2.24) is 14.8 Å². The Morgan fingerprint density at radius 1 is 1.22 bits per heavy atom. The van der Waals surface area contributed by atoms with Crippen LogP contribution in [0.15, 0.2) is 71.6 Å². The first-order valence-electron chi connectivity index (χ1n) is 6.91. The van der Waals surface area contributed by atoms with Crippen LogP contribution in [-0.2, 0) is 4.79 Å². The van der Waals surface area contributed by atoms with Gasteiger partial charge in [-0.15, -0.1) is 0 Å². The summed E-state index contributed by atoms with van der Waals surface area (Å²) in [5, 5.41) is 6.87. The summed E-state index contributed by atoms with van der Waals surface area (Å²) in [5.74, 6) is 0.483. The van der Waals surface area contributed by atoms with E-state index >= 15 is 0 Å². The average molecular weight is 369 g/mol. The molecule has 2 aromatic heterocycles. The minimum atomic E-state index is -0.210. The summed E-state index contributed by atoms with van der Waals surface area (Å²) in [4.78, 5) is 16.2. The molecule has 0 aliphatic heterocycles. The highest BCUT2D eigenvalue weighted by atomic mass is 79.9. The van der Waals surface area contributed by atoms with Gasteiger partial charge in [-0.05, 0) is 42.0 Å². The van der Waals surface area contributed by atoms with Crippen LogP contribution in [0, 0.1) is 0 Å².